The molecule has 1 aromatic carbocycles. The molecule has 2 aromatic rings. The summed E-state index contributed by atoms with van der Waals surface area (Å²) in [5.41, 5.74) is 0.120. The average molecular weight is 282 g/mol. The summed E-state index contributed by atoms with van der Waals surface area (Å²) in [6.07, 6.45) is 0.497. The van der Waals surface area contributed by atoms with Crippen molar-refractivity contribution in [3.8, 4) is 17.1 Å². The van der Waals surface area contributed by atoms with Crippen LogP contribution in [-0.2, 0) is 10.1 Å². The molecule has 0 saturated heterocycles. The lowest BCUT2D eigenvalue weighted by Crippen LogP contribution is -2.01. The molecule has 0 aliphatic heterocycles. The zero-order valence-corrected chi connectivity index (χ0v) is 10.7. The first kappa shape index (κ1) is 13.3. The van der Waals surface area contributed by atoms with Gasteiger partial charge in [0, 0.05) is 5.56 Å². The molecule has 0 bridgehead atoms. The van der Waals surface area contributed by atoms with E-state index >= 15 is 0 Å². The lowest BCUT2D eigenvalue weighted by molar-refractivity contribution is 0.110. The van der Waals surface area contributed by atoms with E-state index in [-0.39, 0.29) is 22.0 Å². The Hall–Kier alpha value is -2.12. The van der Waals surface area contributed by atoms with E-state index in [4.69, 9.17) is 9.15 Å². The second kappa shape index (κ2) is 4.87. The van der Waals surface area contributed by atoms with E-state index in [9.17, 15) is 17.8 Å². The number of carbonyl (C=O) groups excluding carboxylic acids is 1. The molecule has 1 aromatic heterocycles. The number of hydrogen-bond acceptors (Lipinski definition) is 5. The van der Waals surface area contributed by atoms with Crippen LogP contribution in [0.3, 0.4) is 0 Å². The third kappa shape index (κ3) is 2.67. The predicted molar refractivity (Wildman–Crippen MR) is 65.9 cm³/mol. The van der Waals surface area contributed by atoms with Crippen LogP contribution in [0, 0.1) is 0 Å². The molecule has 0 radical (unpaired) electrons. The van der Waals surface area contributed by atoms with Gasteiger partial charge in [-0.1, -0.05) is 0 Å². The van der Waals surface area contributed by atoms with Crippen molar-refractivity contribution in [3.05, 3.63) is 36.1 Å². The second-order valence-electron chi connectivity index (χ2n) is 3.66. The zero-order chi connectivity index (χ0) is 14.0. The quantitative estimate of drug-likeness (QED) is 0.681. The lowest BCUT2D eigenvalue weighted by Gasteiger charge is -2.07. The van der Waals surface area contributed by atoms with Crippen molar-refractivity contribution in [2.75, 3.05) is 7.11 Å². The van der Waals surface area contributed by atoms with Gasteiger partial charge in [0.05, 0.1) is 7.11 Å². The first-order chi connectivity index (χ1) is 8.95. The van der Waals surface area contributed by atoms with Crippen LogP contribution in [-0.4, -0.2) is 26.4 Å². The maximum absolute atomic E-state index is 11.3. The van der Waals surface area contributed by atoms with Gasteiger partial charge in [-0.25, -0.2) is 0 Å². The van der Waals surface area contributed by atoms with Crippen LogP contribution < -0.4 is 4.74 Å². The largest absolute Gasteiger partial charge is 0.497 e. The Bertz CT molecular complexity index is 714. The molecule has 0 aliphatic carbocycles. The molecule has 2 rings (SSSR count). The number of benzene rings is 1. The highest BCUT2D eigenvalue weighted by Gasteiger charge is 2.19. The minimum Gasteiger partial charge on any atom is -0.497 e. The van der Waals surface area contributed by atoms with Crippen molar-refractivity contribution in [1.82, 2.24) is 0 Å². The molecule has 6 nitrogen and oxygen atoms in total. The number of ether oxygens (including phenoxy) is 1. The number of furan rings is 1. The molecule has 0 unspecified atom stereocenters. The molecular weight excluding hydrogens is 272 g/mol. The van der Waals surface area contributed by atoms with E-state index in [0.717, 1.165) is 0 Å². The summed E-state index contributed by atoms with van der Waals surface area (Å²) >= 11 is 0. The van der Waals surface area contributed by atoms with Gasteiger partial charge in [0.1, 0.15) is 16.4 Å². The minimum atomic E-state index is -4.41. The fourth-order valence-corrected chi connectivity index (χ4v) is 2.29. The van der Waals surface area contributed by atoms with Crippen LogP contribution in [0.5, 0.6) is 5.75 Å². The molecule has 0 amide bonds. The smallest absolute Gasteiger partial charge is 0.295 e. The Morgan fingerprint density at radius 2 is 2.00 bits per heavy atom. The topological polar surface area (TPSA) is 93.8 Å². The Morgan fingerprint density at radius 1 is 1.26 bits per heavy atom. The molecule has 0 fully saturated rings. The third-order valence-electron chi connectivity index (χ3n) is 2.47. The molecule has 19 heavy (non-hydrogen) atoms. The van der Waals surface area contributed by atoms with Gasteiger partial charge in [-0.3, -0.25) is 9.35 Å². The lowest BCUT2D eigenvalue weighted by atomic mass is 10.1. The molecule has 7 heteroatoms. The maximum atomic E-state index is 11.3. The fourth-order valence-electron chi connectivity index (χ4n) is 1.61. The molecule has 1 N–H and O–H groups in total. The normalized spacial score (nSPS) is 11.3. The number of hydrogen-bond donors (Lipinski definition) is 1. The summed E-state index contributed by atoms with van der Waals surface area (Å²) in [4.78, 5) is 10.3. The van der Waals surface area contributed by atoms with Gasteiger partial charge in [-0.15, -0.1) is 0 Å². The first-order valence-corrected chi connectivity index (χ1v) is 6.60. The van der Waals surface area contributed by atoms with Gasteiger partial charge in [0.2, 0.25) is 0 Å². The fraction of sp³-hybridized carbons (Fsp3) is 0.0833. The van der Waals surface area contributed by atoms with Crippen molar-refractivity contribution in [2.24, 2.45) is 0 Å². The van der Waals surface area contributed by atoms with Gasteiger partial charge in [0.25, 0.3) is 10.1 Å². The zero-order valence-electron chi connectivity index (χ0n) is 9.86. The molecular formula is C12H10O6S. The number of aldehydes is 1. The molecule has 0 spiro atoms. The SMILES string of the molecule is COc1ccc(S(=O)(=O)O)c(-c2ccc(C=O)o2)c1. The van der Waals surface area contributed by atoms with Crippen molar-refractivity contribution >= 4 is 16.4 Å². The van der Waals surface area contributed by atoms with Gasteiger partial charge in [0.15, 0.2) is 12.0 Å². The van der Waals surface area contributed by atoms with E-state index in [1.165, 1.54) is 37.4 Å². The molecule has 100 valence electrons. The summed E-state index contributed by atoms with van der Waals surface area (Å²) in [5, 5.41) is 0. The standard InChI is InChI=1S/C12H10O6S/c1-17-8-3-5-12(19(14,15)16)10(6-8)11-4-2-9(7-13)18-11/h2-7H,1H3,(H,14,15,16). The third-order valence-corrected chi connectivity index (χ3v) is 3.38. The minimum absolute atomic E-state index is 0.0547. The predicted octanol–water partition coefficient (Wildman–Crippen LogP) is 2.01. The van der Waals surface area contributed by atoms with Gasteiger partial charge < -0.3 is 9.15 Å². The van der Waals surface area contributed by atoms with Crippen LogP contribution in [0.2, 0.25) is 0 Å². The van der Waals surface area contributed by atoms with Crippen molar-refractivity contribution < 1.29 is 26.9 Å². The summed E-state index contributed by atoms with van der Waals surface area (Å²) in [7, 11) is -2.99. The first-order valence-electron chi connectivity index (χ1n) is 5.16. The summed E-state index contributed by atoms with van der Waals surface area (Å²) in [5.74, 6) is 0.596. The van der Waals surface area contributed by atoms with Crippen molar-refractivity contribution in [1.29, 1.82) is 0 Å². The number of carbonyl (C=O) groups is 1. The van der Waals surface area contributed by atoms with Crippen LogP contribution in [0.25, 0.3) is 11.3 Å². The highest BCUT2D eigenvalue weighted by molar-refractivity contribution is 7.86. The Labute approximate surface area is 109 Å². The Morgan fingerprint density at radius 3 is 2.53 bits per heavy atom. The average Bonchev–Trinajstić information content (AvgIpc) is 2.85. The Balaban J connectivity index is 2.68. The van der Waals surface area contributed by atoms with E-state index in [0.29, 0.717) is 12.0 Å². The van der Waals surface area contributed by atoms with Crippen LogP contribution in [0.15, 0.2) is 39.6 Å². The number of rotatable bonds is 4. The van der Waals surface area contributed by atoms with Crippen LogP contribution in [0.4, 0.5) is 0 Å². The van der Waals surface area contributed by atoms with Crippen molar-refractivity contribution in [2.45, 2.75) is 4.90 Å². The maximum Gasteiger partial charge on any atom is 0.295 e. The summed E-state index contributed by atoms with van der Waals surface area (Å²) in [6.45, 7) is 0. The second-order valence-corrected chi connectivity index (χ2v) is 5.05. The van der Waals surface area contributed by atoms with Crippen LogP contribution in [0.1, 0.15) is 10.6 Å². The van der Waals surface area contributed by atoms with E-state index in [1.54, 1.807) is 0 Å². The monoisotopic (exact) mass is 282 g/mol. The molecule has 0 saturated carbocycles. The van der Waals surface area contributed by atoms with Gasteiger partial charge in [-0.2, -0.15) is 8.42 Å². The highest BCUT2D eigenvalue weighted by Crippen LogP contribution is 2.31. The summed E-state index contributed by atoms with van der Waals surface area (Å²) < 4.78 is 41.9. The van der Waals surface area contributed by atoms with E-state index in [2.05, 4.69) is 0 Å². The van der Waals surface area contributed by atoms with Gasteiger partial charge >= 0.3 is 0 Å². The van der Waals surface area contributed by atoms with Gasteiger partial charge in [-0.05, 0) is 30.3 Å². The molecule has 0 aliphatic rings. The highest BCUT2D eigenvalue weighted by atomic mass is 32.2. The van der Waals surface area contributed by atoms with Crippen LogP contribution >= 0.6 is 0 Å². The van der Waals surface area contributed by atoms with Crippen molar-refractivity contribution in [3.63, 3.8) is 0 Å². The molecule has 0 atom stereocenters. The van der Waals surface area contributed by atoms with E-state index < -0.39 is 10.1 Å². The Kier molecular flexibility index (Phi) is 3.41. The molecule has 1 heterocycles. The summed E-state index contributed by atoms with van der Waals surface area (Å²) in [6, 6.07) is 6.84. The number of methoxy groups -OCH3 is 1. The van der Waals surface area contributed by atoms with E-state index in [1.807, 2.05) is 0 Å².